The van der Waals surface area contributed by atoms with Gasteiger partial charge in [-0.1, -0.05) is 18.2 Å². The molecule has 6 nitrogen and oxygen atoms in total. The summed E-state index contributed by atoms with van der Waals surface area (Å²) in [6.45, 7) is 1.58. The van der Waals surface area contributed by atoms with Gasteiger partial charge in [-0.2, -0.15) is 0 Å². The van der Waals surface area contributed by atoms with Crippen molar-refractivity contribution in [2.45, 2.75) is 32.2 Å². The van der Waals surface area contributed by atoms with Crippen LogP contribution in [0.2, 0.25) is 0 Å². The predicted molar refractivity (Wildman–Crippen MR) is 101 cm³/mol. The van der Waals surface area contributed by atoms with E-state index in [1.165, 1.54) is 24.0 Å². The third-order valence-electron chi connectivity index (χ3n) is 4.89. The number of carbonyl (C=O) groups excluding carboxylic acids is 1. The Kier molecular flexibility index (Phi) is 5.32. The fraction of sp³-hybridized carbons (Fsp3) is 0.381. The standard InChI is InChI=1S/C21H24N2O4/c24-21(23-13-15-8-9-19-20(12-15)27-14-26-19)22-10-11-25-18-7-3-5-16-4-1-2-6-17(16)18/h3,5,7-9,12H,1-2,4,6,10-11,13-14H2,(H2,22,23,24). The maximum Gasteiger partial charge on any atom is 0.315 e. The Labute approximate surface area is 158 Å². The van der Waals surface area contributed by atoms with Gasteiger partial charge in [-0.25, -0.2) is 4.79 Å². The average molecular weight is 368 g/mol. The number of hydrogen-bond donors (Lipinski definition) is 2. The zero-order chi connectivity index (χ0) is 18.5. The summed E-state index contributed by atoms with van der Waals surface area (Å²) in [7, 11) is 0. The largest absolute Gasteiger partial charge is 0.491 e. The highest BCUT2D eigenvalue weighted by molar-refractivity contribution is 5.73. The van der Waals surface area contributed by atoms with Crippen LogP contribution in [-0.4, -0.2) is 26.0 Å². The van der Waals surface area contributed by atoms with Crippen molar-refractivity contribution in [3.05, 3.63) is 53.1 Å². The minimum absolute atomic E-state index is 0.216. The van der Waals surface area contributed by atoms with Crippen LogP contribution in [0.15, 0.2) is 36.4 Å². The predicted octanol–water partition coefficient (Wildman–Crippen LogP) is 3.17. The van der Waals surface area contributed by atoms with Gasteiger partial charge in [0.15, 0.2) is 11.5 Å². The molecule has 0 radical (unpaired) electrons. The van der Waals surface area contributed by atoms with Gasteiger partial charge in [-0.15, -0.1) is 0 Å². The number of carbonyl (C=O) groups is 1. The van der Waals surface area contributed by atoms with Crippen LogP contribution < -0.4 is 24.8 Å². The first-order chi connectivity index (χ1) is 13.3. The number of urea groups is 1. The zero-order valence-electron chi connectivity index (χ0n) is 15.3. The highest BCUT2D eigenvalue weighted by Crippen LogP contribution is 2.32. The number of rotatable bonds is 6. The smallest absolute Gasteiger partial charge is 0.315 e. The molecule has 0 saturated carbocycles. The summed E-state index contributed by atoms with van der Waals surface area (Å²) >= 11 is 0. The van der Waals surface area contributed by atoms with Gasteiger partial charge in [-0.3, -0.25) is 0 Å². The van der Waals surface area contributed by atoms with Crippen LogP contribution in [0.3, 0.4) is 0 Å². The number of nitrogens with one attached hydrogen (secondary N) is 2. The Balaban J connectivity index is 1.19. The fourth-order valence-corrected chi connectivity index (χ4v) is 3.50. The molecule has 4 rings (SSSR count). The molecular formula is C21H24N2O4. The van der Waals surface area contributed by atoms with E-state index in [9.17, 15) is 4.79 Å². The molecule has 0 unspecified atom stereocenters. The summed E-state index contributed by atoms with van der Waals surface area (Å²) in [6.07, 6.45) is 4.68. The maximum atomic E-state index is 12.0. The highest BCUT2D eigenvalue weighted by Gasteiger charge is 2.14. The van der Waals surface area contributed by atoms with Gasteiger partial charge in [0.2, 0.25) is 6.79 Å². The van der Waals surface area contributed by atoms with Crippen molar-refractivity contribution in [2.75, 3.05) is 19.9 Å². The Morgan fingerprint density at radius 1 is 1.04 bits per heavy atom. The first-order valence-electron chi connectivity index (χ1n) is 9.43. The molecule has 6 heteroatoms. The summed E-state index contributed by atoms with van der Waals surface area (Å²) in [5.74, 6) is 2.41. The quantitative estimate of drug-likeness (QED) is 0.769. The molecule has 0 spiro atoms. The van der Waals surface area contributed by atoms with Crippen LogP contribution in [0, 0.1) is 0 Å². The zero-order valence-corrected chi connectivity index (χ0v) is 15.3. The van der Waals surface area contributed by atoms with E-state index in [1.54, 1.807) is 0 Å². The first kappa shape index (κ1) is 17.5. The second-order valence-corrected chi connectivity index (χ2v) is 6.75. The third-order valence-corrected chi connectivity index (χ3v) is 4.89. The van der Waals surface area contributed by atoms with Crippen LogP contribution in [0.1, 0.15) is 29.5 Å². The lowest BCUT2D eigenvalue weighted by Crippen LogP contribution is -2.37. The molecular weight excluding hydrogens is 344 g/mol. The van der Waals surface area contributed by atoms with E-state index in [1.807, 2.05) is 30.3 Å². The fourth-order valence-electron chi connectivity index (χ4n) is 3.50. The summed E-state index contributed by atoms with van der Waals surface area (Å²) < 4.78 is 16.5. The molecule has 2 N–H and O–H groups in total. The average Bonchev–Trinajstić information content (AvgIpc) is 3.17. The molecule has 2 amide bonds. The first-order valence-corrected chi connectivity index (χ1v) is 9.43. The molecule has 142 valence electrons. The molecule has 0 fully saturated rings. The number of aryl methyl sites for hydroxylation is 1. The molecule has 0 saturated heterocycles. The lowest BCUT2D eigenvalue weighted by Gasteiger charge is -2.19. The van der Waals surface area contributed by atoms with E-state index in [-0.39, 0.29) is 12.8 Å². The van der Waals surface area contributed by atoms with Crippen molar-refractivity contribution < 1.29 is 19.0 Å². The number of amides is 2. The topological polar surface area (TPSA) is 68.8 Å². The second-order valence-electron chi connectivity index (χ2n) is 6.75. The molecule has 1 aliphatic heterocycles. The summed E-state index contributed by atoms with van der Waals surface area (Å²) in [4.78, 5) is 12.0. The summed E-state index contributed by atoms with van der Waals surface area (Å²) in [5, 5.41) is 5.66. The Hall–Kier alpha value is -2.89. The number of ether oxygens (including phenoxy) is 3. The van der Waals surface area contributed by atoms with Crippen LogP contribution in [-0.2, 0) is 19.4 Å². The van der Waals surface area contributed by atoms with Crippen molar-refractivity contribution in [2.24, 2.45) is 0 Å². The van der Waals surface area contributed by atoms with Crippen LogP contribution in [0.5, 0.6) is 17.2 Å². The molecule has 27 heavy (non-hydrogen) atoms. The van der Waals surface area contributed by atoms with Crippen LogP contribution in [0.25, 0.3) is 0 Å². The van der Waals surface area contributed by atoms with Gasteiger partial charge in [0.25, 0.3) is 0 Å². The van der Waals surface area contributed by atoms with Gasteiger partial charge in [0, 0.05) is 6.54 Å². The molecule has 2 aromatic carbocycles. The Morgan fingerprint density at radius 2 is 1.93 bits per heavy atom. The minimum Gasteiger partial charge on any atom is -0.491 e. The Bertz CT molecular complexity index is 822. The van der Waals surface area contributed by atoms with Gasteiger partial charge >= 0.3 is 6.03 Å². The van der Waals surface area contributed by atoms with Gasteiger partial charge in [0.1, 0.15) is 12.4 Å². The van der Waals surface area contributed by atoms with E-state index in [0.717, 1.165) is 29.9 Å². The lowest BCUT2D eigenvalue weighted by molar-refractivity contribution is 0.174. The SMILES string of the molecule is O=C(NCCOc1cccc2c1CCCC2)NCc1ccc2c(c1)OCO2. The lowest BCUT2D eigenvalue weighted by atomic mass is 9.91. The number of fused-ring (bicyclic) bond motifs is 2. The van der Waals surface area contributed by atoms with Crippen molar-refractivity contribution >= 4 is 6.03 Å². The van der Waals surface area contributed by atoms with Gasteiger partial charge in [0.05, 0.1) is 6.54 Å². The summed E-state index contributed by atoms with van der Waals surface area (Å²) in [6, 6.07) is 11.7. The molecule has 2 aromatic rings. The van der Waals surface area contributed by atoms with E-state index in [2.05, 4.69) is 16.7 Å². The van der Waals surface area contributed by atoms with E-state index in [4.69, 9.17) is 14.2 Å². The van der Waals surface area contributed by atoms with E-state index in [0.29, 0.717) is 25.4 Å². The van der Waals surface area contributed by atoms with Crippen LogP contribution in [0.4, 0.5) is 4.79 Å². The highest BCUT2D eigenvalue weighted by atomic mass is 16.7. The third kappa shape index (κ3) is 4.27. The minimum atomic E-state index is -0.216. The Morgan fingerprint density at radius 3 is 2.89 bits per heavy atom. The number of benzene rings is 2. The molecule has 0 aromatic heterocycles. The summed E-state index contributed by atoms with van der Waals surface area (Å²) in [5.41, 5.74) is 3.69. The molecule has 0 atom stereocenters. The normalized spacial score (nSPS) is 14.4. The second kappa shape index (κ2) is 8.20. The van der Waals surface area contributed by atoms with E-state index >= 15 is 0 Å². The monoisotopic (exact) mass is 368 g/mol. The number of hydrogen-bond acceptors (Lipinski definition) is 4. The van der Waals surface area contributed by atoms with Crippen molar-refractivity contribution in [1.82, 2.24) is 10.6 Å². The van der Waals surface area contributed by atoms with E-state index < -0.39 is 0 Å². The molecule has 1 heterocycles. The van der Waals surface area contributed by atoms with Crippen molar-refractivity contribution in [3.63, 3.8) is 0 Å². The van der Waals surface area contributed by atoms with Crippen molar-refractivity contribution in [1.29, 1.82) is 0 Å². The van der Waals surface area contributed by atoms with Crippen molar-refractivity contribution in [3.8, 4) is 17.2 Å². The molecule has 0 bridgehead atoms. The van der Waals surface area contributed by atoms with Crippen LogP contribution >= 0.6 is 0 Å². The van der Waals surface area contributed by atoms with Gasteiger partial charge < -0.3 is 24.8 Å². The molecule has 1 aliphatic carbocycles. The molecule has 2 aliphatic rings. The maximum absolute atomic E-state index is 12.0. The van der Waals surface area contributed by atoms with Gasteiger partial charge in [-0.05, 0) is 60.6 Å².